The lowest BCUT2D eigenvalue weighted by Gasteiger charge is -2.29. The summed E-state index contributed by atoms with van der Waals surface area (Å²) in [6.45, 7) is -0.327. The van der Waals surface area contributed by atoms with Crippen molar-refractivity contribution >= 4 is 27.5 Å². The Kier molecular flexibility index (Phi) is 5.46. The van der Waals surface area contributed by atoms with Gasteiger partial charge in [-0.3, -0.25) is 9.10 Å². The van der Waals surface area contributed by atoms with Gasteiger partial charge in [0.2, 0.25) is 10.0 Å². The smallest absolute Gasteiger partial charge is 0.344 e. The second-order valence-electron chi connectivity index (χ2n) is 6.38. The van der Waals surface area contributed by atoms with Crippen molar-refractivity contribution in [1.29, 1.82) is 0 Å². The number of carbonyl (C=O) groups is 2. The number of fused-ring (bicyclic) bond motifs is 1. The summed E-state index contributed by atoms with van der Waals surface area (Å²) in [6, 6.07) is 7.45. The number of rotatable bonds is 5. The summed E-state index contributed by atoms with van der Waals surface area (Å²) in [5, 5.41) is 0. The number of nitrogens with zero attached hydrogens (tertiary/aromatic N) is 1. The molecule has 0 fully saturated rings. The molecule has 1 aliphatic heterocycles. The molecule has 0 aromatic heterocycles. The third-order valence-corrected chi connectivity index (χ3v) is 5.56. The van der Waals surface area contributed by atoms with Gasteiger partial charge >= 0.3 is 5.97 Å². The van der Waals surface area contributed by atoms with Gasteiger partial charge < -0.3 is 4.74 Å². The Labute approximate surface area is 160 Å². The Morgan fingerprint density at radius 1 is 1.14 bits per heavy atom. The molecule has 0 aliphatic carbocycles. The van der Waals surface area contributed by atoms with Gasteiger partial charge in [0, 0.05) is 12.1 Å². The molecule has 0 saturated carbocycles. The molecule has 0 spiro atoms. The lowest BCUT2D eigenvalue weighted by Crippen LogP contribution is -2.34. The van der Waals surface area contributed by atoms with Crippen molar-refractivity contribution in [1.82, 2.24) is 0 Å². The predicted octanol–water partition coefficient (Wildman–Crippen LogP) is 2.72. The maximum absolute atomic E-state index is 13.6. The average molecular weight is 409 g/mol. The number of Topliss-reactive ketones (excluding diaryl/α,β-unsaturated/α-hetero) is 1. The van der Waals surface area contributed by atoms with Crippen LogP contribution >= 0.6 is 0 Å². The highest BCUT2D eigenvalue weighted by atomic mass is 32.2. The first-order valence-electron chi connectivity index (χ1n) is 8.43. The van der Waals surface area contributed by atoms with Gasteiger partial charge in [0.25, 0.3) is 0 Å². The van der Waals surface area contributed by atoms with Crippen LogP contribution in [0.15, 0.2) is 36.4 Å². The van der Waals surface area contributed by atoms with Gasteiger partial charge in [0.1, 0.15) is 17.2 Å². The number of ketones is 1. The molecule has 148 valence electrons. The Hall–Kier alpha value is -2.81. The number of sulfonamides is 1. The number of ether oxygens (including phenoxy) is 1. The predicted molar refractivity (Wildman–Crippen MR) is 97.9 cm³/mol. The Balaban J connectivity index is 1.75. The van der Waals surface area contributed by atoms with Crippen molar-refractivity contribution in [3.63, 3.8) is 0 Å². The molecule has 0 amide bonds. The first kappa shape index (κ1) is 19.9. The lowest BCUT2D eigenvalue weighted by atomic mass is 9.99. The van der Waals surface area contributed by atoms with E-state index in [1.165, 1.54) is 16.4 Å². The zero-order chi connectivity index (χ0) is 20.5. The van der Waals surface area contributed by atoms with Crippen LogP contribution in [-0.4, -0.2) is 39.6 Å². The number of carbonyl (C=O) groups excluding carboxylic acids is 2. The first-order valence-corrected chi connectivity index (χ1v) is 10.3. The molecular weight excluding hydrogens is 392 g/mol. The molecule has 1 aliphatic rings. The molecule has 2 aromatic carbocycles. The van der Waals surface area contributed by atoms with Crippen LogP contribution in [0.4, 0.5) is 14.5 Å². The van der Waals surface area contributed by atoms with Crippen molar-refractivity contribution in [2.75, 3.05) is 23.7 Å². The molecule has 28 heavy (non-hydrogen) atoms. The highest BCUT2D eigenvalue weighted by molar-refractivity contribution is 7.92. The number of benzene rings is 2. The van der Waals surface area contributed by atoms with Gasteiger partial charge in [-0.25, -0.2) is 22.0 Å². The molecule has 0 bridgehead atoms. The van der Waals surface area contributed by atoms with Crippen molar-refractivity contribution in [2.24, 2.45) is 0 Å². The summed E-state index contributed by atoms with van der Waals surface area (Å²) in [5.41, 5.74) is 0.560. The van der Waals surface area contributed by atoms with Crippen LogP contribution < -0.4 is 4.31 Å². The number of halogens is 2. The van der Waals surface area contributed by atoms with Crippen molar-refractivity contribution < 1.29 is 31.5 Å². The number of anilines is 1. The zero-order valence-corrected chi connectivity index (χ0v) is 15.8. The summed E-state index contributed by atoms with van der Waals surface area (Å²) < 4.78 is 57.0. The maximum atomic E-state index is 13.6. The maximum Gasteiger partial charge on any atom is 0.344 e. The van der Waals surface area contributed by atoms with E-state index in [9.17, 15) is 26.8 Å². The van der Waals surface area contributed by atoms with Crippen LogP contribution in [0.1, 0.15) is 32.7 Å². The fraction of sp³-hybridized carbons (Fsp3) is 0.263. The number of hydrogen-bond donors (Lipinski definition) is 0. The molecule has 9 heteroatoms. The third-order valence-electron chi connectivity index (χ3n) is 4.38. The van der Waals surface area contributed by atoms with E-state index in [0.29, 0.717) is 30.6 Å². The molecule has 6 nitrogen and oxygen atoms in total. The minimum absolute atomic E-state index is 0.218. The quantitative estimate of drug-likeness (QED) is 0.560. The van der Waals surface area contributed by atoms with E-state index in [4.69, 9.17) is 4.74 Å². The van der Waals surface area contributed by atoms with E-state index in [-0.39, 0.29) is 5.56 Å². The van der Waals surface area contributed by atoms with Crippen LogP contribution in [0, 0.1) is 11.6 Å². The first-order chi connectivity index (χ1) is 13.2. The standard InChI is InChI=1S/C19H17F2NO5S/c1-28(25,26)22-9-3-4-12-10-13(7-8-16(12)22)17(23)11-27-19(24)18-14(20)5-2-6-15(18)21/h2,5-8,10H,3-4,9,11H2,1H3. The molecular formula is C19H17F2NO5S. The third kappa shape index (κ3) is 4.04. The van der Waals surface area contributed by atoms with Crippen molar-refractivity contribution in [3.8, 4) is 0 Å². The highest BCUT2D eigenvalue weighted by Gasteiger charge is 2.25. The Bertz CT molecular complexity index is 1030. The van der Waals surface area contributed by atoms with E-state index >= 15 is 0 Å². The van der Waals surface area contributed by atoms with Gasteiger partial charge in [-0.2, -0.15) is 0 Å². The van der Waals surface area contributed by atoms with Gasteiger partial charge in [0.15, 0.2) is 12.4 Å². The molecule has 0 radical (unpaired) electrons. The molecule has 2 aromatic rings. The lowest BCUT2D eigenvalue weighted by molar-refractivity contribution is 0.0465. The molecule has 3 rings (SSSR count). The fourth-order valence-corrected chi connectivity index (χ4v) is 4.06. The van der Waals surface area contributed by atoms with Gasteiger partial charge in [-0.05, 0) is 48.7 Å². The van der Waals surface area contributed by atoms with Crippen molar-refractivity contribution in [2.45, 2.75) is 12.8 Å². The normalized spacial score (nSPS) is 13.8. The second-order valence-corrected chi connectivity index (χ2v) is 8.28. The van der Waals surface area contributed by atoms with Gasteiger partial charge in [-0.1, -0.05) is 6.07 Å². The van der Waals surface area contributed by atoms with E-state index < -0.39 is 45.6 Å². The minimum Gasteiger partial charge on any atom is -0.454 e. The summed E-state index contributed by atoms with van der Waals surface area (Å²) >= 11 is 0. The summed E-state index contributed by atoms with van der Waals surface area (Å²) in [4.78, 5) is 24.2. The highest BCUT2D eigenvalue weighted by Crippen LogP contribution is 2.30. The number of hydrogen-bond acceptors (Lipinski definition) is 5. The zero-order valence-electron chi connectivity index (χ0n) is 14.9. The largest absolute Gasteiger partial charge is 0.454 e. The Morgan fingerprint density at radius 3 is 2.46 bits per heavy atom. The molecule has 0 unspecified atom stereocenters. The monoisotopic (exact) mass is 409 g/mol. The van der Waals surface area contributed by atoms with Crippen LogP contribution in [0.3, 0.4) is 0 Å². The van der Waals surface area contributed by atoms with Crippen LogP contribution in [0.2, 0.25) is 0 Å². The SMILES string of the molecule is CS(=O)(=O)N1CCCc2cc(C(=O)COC(=O)c3c(F)cccc3F)ccc21. The van der Waals surface area contributed by atoms with Crippen LogP contribution in [-0.2, 0) is 21.2 Å². The summed E-state index contributed by atoms with van der Waals surface area (Å²) in [7, 11) is -3.42. The van der Waals surface area contributed by atoms with Gasteiger partial charge in [0.05, 0.1) is 11.9 Å². The fourth-order valence-electron chi connectivity index (χ4n) is 3.06. The number of esters is 1. The summed E-state index contributed by atoms with van der Waals surface area (Å²) in [5.74, 6) is -3.99. The van der Waals surface area contributed by atoms with E-state index in [0.717, 1.165) is 24.5 Å². The van der Waals surface area contributed by atoms with E-state index in [1.807, 2.05) is 0 Å². The molecule has 0 atom stereocenters. The van der Waals surface area contributed by atoms with E-state index in [2.05, 4.69) is 0 Å². The number of aryl methyl sites for hydroxylation is 1. The molecule has 0 saturated heterocycles. The topological polar surface area (TPSA) is 80.8 Å². The van der Waals surface area contributed by atoms with E-state index in [1.54, 1.807) is 6.07 Å². The molecule has 1 heterocycles. The van der Waals surface area contributed by atoms with Gasteiger partial charge in [-0.15, -0.1) is 0 Å². The van der Waals surface area contributed by atoms with Crippen molar-refractivity contribution in [3.05, 3.63) is 64.7 Å². The van der Waals surface area contributed by atoms with Crippen LogP contribution in [0.5, 0.6) is 0 Å². The summed E-state index contributed by atoms with van der Waals surface area (Å²) in [6.07, 6.45) is 2.32. The average Bonchev–Trinajstić information content (AvgIpc) is 2.64. The van der Waals surface area contributed by atoms with Crippen LogP contribution in [0.25, 0.3) is 0 Å². The Morgan fingerprint density at radius 2 is 1.82 bits per heavy atom. The second kappa shape index (κ2) is 7.67. The minimum atomic E-state index is -3.42. The molecule has 0 N–H and O–H groups in total.